The van der Waals surface area contributed by atoms with Gasteiger partial charge in [-0.2, -0.15) is 0 Å². The highest BCUT2D eigenvalue weighted by molar-refractivity contribution is 9.09. The fourth-order valence-electron chi connectivity index (χ4n) is 2.69. The van der Waals surface area contributed by atoms with Gasteiger partial charge in [0.15, 0.2) is 11.6 Å². The fourth-order valence-corrected chi connectivity index (χ4v) is 3.26. The highest BCUT2D eigenvalue weighted by Crippen LogP contribution is 2.35. The number of carbonyl (C=O) groups is 2. The van der Waals surface area contributed by atoms with Gasteiger partial charge in [0.05, 0.1) is 53.3 Å². The minimum absolute atomic E-state index is 0.101. The standard InChI is InChI=1S/2C11H13BrO4/c2*1-14-7-4-9(15-2)11(8(13)6-12)10(5-7)16-3/h2*4-5H,6H2,1-3H3. The van der Waals surface area contributed by atoms with Crippen molar-refractivity contribution in [3.05, 3.63) is 35.4 Å². The lowest BCUT2D eigenvalue weighted by Crippen LogP contribution is -2.06. The first-order valence-corrected chi connectivity index (χ1v) is 11.4. The van der Waals surface area contributed by atoms with Crippen LogP contribution < -0.4 is 28.4 Å². The van der Waals surface area contributed by atoms with E-state index in [1.54, 1.807) is 38.5 Å². The summed E-state index contributed by atoms with van der Waals surface area (Å²) >= 11 is 6.24. The van der Waals surface area contributed by atoms with Gasteiger partial charge in [-0.3, -0.25) is 9.59 Å². The first kappa shape index (κ1) is 27.6. The third-order valence-corrected chi connectivity index (χ3v) is 5.25. The van der Waals surface area contributed by atoms with Crippen molar-refractivity contribution in [2.45, 2.75) is 0 Å². The van der Waals surface area contributed by atoms with Crippen LogP contribution in [0, 0.1) is 0 Å². The second-order valence-corrected chi connectivity index (χ2v) is 7.05. The van der Waals surface area contributed by atoms with Crippen molar-refractivity contribution in [3.8, 4) is 34.5 Å². The number of ether oxygens (including phenoxy) is 6. The number of hydrogen-bond acceptors (Lipinski definition) is 8. The first-order valence-electron chi connectivity index (χ1n) is 9.13. The Hall–Kier alpha value is -2.46. The molecule has 2 aromatic rings. The van der Waals surface area contributed by atoms with Crippen molar-refractivity contribution >= 4 is 43.4 Å². The molecule has 0 radical (unpaired) electrons. The zero-order chi connectivity index (χ0) is 24.3. The maximum Gasteiger partial charge on any atom is 0.180 e. The van der Waals surface area contributed by atoms with Gasteiger partial charge in [-0.25, -0.2) is 0 Å². The lowest BCUT2D eigenvalue weighted by atomic mass is 10.1. The van der Waals surface area contributed by atoms with Crippen LogP contribution in [-0.4, -0.2) is 64.9 Å². The summed E-state index contributed by atoms with van der Waals surface area (Å²) in [7, 11) is 9.08. The molecule has 0 heterocycles. The molecule has 0 unspecified atom stereocenters. The zero-order valence-electron chi connectivity index (χ0n) is 18.7. The summed E-state index contributed by atoms with van der Waals surface area (Å²) in [6.45, 7) is 0. The first-order chi connectivity index (χ1) is 15.3. The number of alkyl halides is 2. The molecule has 0 saturated carbocycles. The summed E-state index contributed by atoms with van der Waals surface area (Å²) in [5.74, 6) is 2.75. The molecule has 0 fully saturated rings. The molecule has 32 heavy (non-hydrogen) atoms. The van der Waals surface area contributed by atoms with Gasteiger partial charge in [-0.15, -0.1) is 0 Å². The van der Waals surface area contributed by atoms with Crippen LogP contribution in [0.15, 0.2) is 24.3 Å². The molecular weight excluding hydrogens is 552 g/mol. The Bertz CT molecular complexity index is 805. The molecule has 0 N–H and O–H groups in total. The number of methoxy groups -OCH3 is 6. The quantitative estimate of drug-likeness (QED) is 0.299. The van der Waals surface area contributed by atoms with E-state index >= 15 is 0 Å². The molecule has 0 aliphatic rings. The van der Waals surface area contributed by atoms with E-state index in [0.717, 1.165) is 0 Å². The molecule has 2 aromatic carbocycles. The number of Topliss-reactive ketones (excluding diaryl/α,β-unsaturated/α-hetero) is 2. The predicted molar refractivity (Wildman–Crippen MR) is 128 cm³/mol. The van der Waals surface area contributed by atoms with Gasteiger partial charge in [0, 0.05) is 24.3 Å². The number of rotatable bonds is 10. The molecule has 0 amide bonds. The molecule has 0 saturated heterocycles. The van der Waals surface area contributed by atoms with Crippen molar-refractivity contribution in [2.75, 3.05) is 53.3 Å². The van der Waals surface area contributed by atoms with Gasteiger partial charge in [0.25, 0.3) is 0 Å². The van der Waals surface area contributed by atoms with Crippen LogP contribution in [0.5, 0.6) is 34.5 Å². The number of halogens is 2. The van der Waals surface area contributed by atoms with Crippen LogP contribution in [0.4, 0.5) is 0 Å². The molecule has 0 atom stereocenters. The van der Waals surface area contributed by atoms with Gasteiger partial charge in [0.2, 0.25) is 0 Å². The van der Waals surface area contributed by atoms with E-state index in [1.165, 1.54) is 28.4 Å². The summed E-state index contributed by atoms with van der Waals surface area (Å²) in [4.78, 5) is 23.4. The number of hydrogen-bond donors (Lipinski definition) is 0. The van der Waals surface area contributed by atoms with Crippen molar-refractivity contribution in [2.24, 2.45) is 0 Å². The normalized spacial score (nSPS) is 9.75. The van der Waals surface area contributed by atoms with Crippen molar-refractivity contribution in [1.82, 2.24) is 0 Å². The molecule has 10 heteroatoms. The van der Waals surface area contributed by atoms with E-state index in [4.69, 9.17) is 28.4 Å². The Morgan fingerprint density at radius 1 is 0.562 bits per heavy atom. The summed E-state index contributed by atoms with van der Waals surface area (Å²) in [6.07, 6.45) is 0. The van der Waals surface area contributed by atoms with Gasteiger partial charge < -0.3 is 28.4 Å². The van der Waals surface area contributed by atoms with Gasteiger partial charge in [-0.05, 0) is 0 Å². The molecule has 8 nitrogen and oxygen atoms in total. The second kappa shape index (κ2) is 13.8. The number of benzene rings is 2. The number of carbonyl (C=O) groups excluding carboxylic acids is 2. The summed E-state index contributed by atoms with van der Waals surface area (Å²) in [5, 5.41) is 0.429. The Kier molecular flexibility index (Phi) is 11.9. The monoisotopic (exact) mass is 576 g/mol. The highest BCUT2D eigenvalue weighted by atomic mass is 79.9. The largest absolute Gasteiger partial charge is 0.496 e. The predicted octanol–water partition coefficient (Wildman–Crippen LogP) is 4.58. The molecule has 0 bridgehead atoms. The molecule has 0 aliphatic heterocycles. The average molecular weight is 578 g/mol. The Labute approximate surface area is 204 Å². The van der Waals surface area contributed by atoms with E-state index in [2.05, 4.69) is 31.9 Å². The molecule has 0 aliphatic carbocycles. The summed E-state index contributed by atoms with van der Waals surface area (Å²) < 4.78 is 30.8. The number of ketones is 2. The zero-order valence-corrected chi connectivity index (χ0v) is 21.9. The van der Waals surface area contributed by atoms with Crippen LogP contribution in [0.2, 0.25) is 0 Å². The molecular formula is C22H26Br2O8. The minimum Gasteiger partial charge on any atom is -0.496 e. The van der Waals surface area contributed by atoms with E-state index < -0.39 is 0 Å². The van der Waals surface area contributed by atoms with E-state index in [-0.39, 0.29) is 22.2 Å². The van der Waals surface area contributed by atoms with Gasteiger partial charge >= 0.3 is 0 Å². The average Bonchev–Trinajstić information content (AvgIpc) is 2.85. The van der Waals surface area contributed by atoms with Crippen LogP contribution in [0.25, 0.3) is 0 Å². The van der Waals surface area contributed by atoms with Crippen molar-refractivity contribution in [1.29, 1.82) is 0 Å². The minimum atomic E-state index is -0.101. The Morgan fingerprint density at radius 3 is 0.969 bits per heavy atom. The van der Waals surface area contributed by atoms with Gasteiger partial charge in [-0.1, -0.05) is 31.9 Å². The third kappa shape index (κ3) is 6.77. The summed E-state index contributed by atoms with van der Waals surface area (Å²) in [5.41, 5.74) is 0.838. The van der Waals surface area contributed by atoms with Crippen molar-refractivity contribution in [3.63, 3.8) is 0 Å². The van der Waals surface area contributed by atoms with E-state index in [0.29, 0.717) is 45.6 Å². The topological polar surface area (TPSA) is 89.5 Å². The van der Waals surface area contributed by atoms with Crippen LogP contribution in [0.1, 0.15) is 20.7 Å². The Balaban J connectivity index is 0.000000320. The van der Waals surface area contributed by atoms with Crippen LogP contribution >= 0.6 is 31.9 Å². The second-order valence-electron chi connectivity index (χ2n) is 5.93. The van der Waals surface area contributed by atoms with Crippen molar-refractivity contribution < 1.29 is 38.0 Å². The molecule has 2 rings (SSSR count). The highest BCUT2D eigenvalue weighted by Gasteiger charge is 2.20. The lowest BCUT2D eigenvalue weighted by Gasteiger charge is -2.13. The lowest BCUT2D eigenvalue weighted by molar-refractivity contribution is 0.100. The smallest absolute Gasteiger partial charge is 0.180 e. The fraction of sp³-hybridized carbons (Fsp3) is 0.364. The SMILES string of the molecule is COc1cc(OC)c(C(=O)CBr)c(OC)c1.COc1cc(OC)c(C(=O)CBr)c(OC)c1. The van der Waals surface area contributed by atoms with E-state index in [1.807, 2.05) is 0 Å². The van der Waals surface area contributed by atoms with E-state index in [9.17, 15) is 9.59 Å². The maximum atomic E-state index is 11.7. The molecule has 176 valence electrons. The Morgan fingerprint density at radius 2 is 0.812 bits per heavy atom. The molecule has 0 aromatic heterocycles. The summed E-state index contributed by atoms with van der Waals surface area (Å²) in [6, 6.07) is 6.60. The maximum absolute atomic E-state index is 11.7. The van der Waals surface area contributed by atoms with Crippen LogP contribution in [0.3, 0.4) is 0 Å². The van der Waals surface area contributed by atoms with Crippen LogP contribution in [-0.2, 0) is 0 Å². The molecule has 0 spiro atoms. The van der Waals surface area contributed by atoms with Gasteiger partial charge in [0.1, 0.15) is 45.6 Å². The third-order valence-electron chi connectivity index (χ3n) is 4.23.